The van der Waals surface area contributed by atoms with Crippen LogP contribution >= 0.6 is 11.8 Å². The van der Waals surface area contributed by atoms with Gasteiger partial charge in [-0.05, 0) is 31.0 Å². The molecule has 140 valence electrons. The molecule has 0 unspecified atom stereocenters. The summed E-state index contributed by atoms with van der Waals surface area (Å²) < 4.78 is 5.46. The largest absolute Gasteiger partial charge is 0.461 e. The van der Waals surface area contributed by atoms with Crippen molar-refractivity contribution in [2.24, 2.45) is 0 Å². The van der Waals surface area contributed by atoms with E-state index < -0.39 is 0 Å². The summed E-state index contributed by atoms with van der Waals surface area (Å²) in [5.74, 6) is 1.72. The van der Waals surface area contributed by atoms with Crippen molar-refractivity contribution in [3.05, 3.63) is 42.7 Å². The molecule has 1 aromatic carbocycles. The van der Waals surface area contributed by atoms with Crippen LogP contribution in [-0.4, -0.2) is 39.6 Å². The van der Waals surface area contributed by atoms with Crippen LogP contribution in [0, 0.1) is 0 Å². The van der Waals surface area contributed by atoms with Crippen LogP contribution in [0.4, 0.5) is 0 Å². The van der Waals surface area contributed by atoms with E-state index in [1.165, 1.54) is 31.0 Å². The highest BCUT2D eigenvalue weighted by molar-refractivity contribution is 8.00. The number of amides is 1. The van der Waals surface area contributed by atoms with E-state index >= 15 is 0 Å². The molecular weight excluding hydrogens is 358 g/mol. The minimum atomic E-state index is 0.161. The first-order valence-electron chi connectivity index (χ1n) is 9.41. The predicted molar refractivity (Wildman–Crippen MR) is 108 cm³/mol. The molecule has 6 heteroatoms. The van der Waals surface area contributed by atoms with Gasteiger partial charge in [0.25, 0.3) is 0 Å². The second kappa shape index (κ2) is 8.13. The van der Waals surface area contributed by atoms with Crippen molar-refractivity contribution < 1.29 is 9.21 Å². The maximum Gasteiger partial charge on any atom is 0.232 e. The van der Waals surface area contributed by atoms with Crippen LogP contribution in [0.3, 0.4) is 0 Å². The lowest BCUT2D eigenvalue weighted by Gasteiger charge is -2.31. The topological polar surface area (TPSA) is 59.2 Å². The molecule has 4 rings (SSSR count). The van der Waals surface area contributed by atoms with E-state index in [4.69, 9.17) is 4.42 Å². The van der Waals surface area contributed by atoms with E-state index in [2.05, 4.69) is 9.97 Å². The van der Waals surface area contributed by atoms with Crippen LogP contribution in [0.5, 0.6) is 0 Å². The molecule has 1 aliphatic carbocycles. The number of furan rings is 1. The maximum absolute atomic E-state index is 12.7. The first-order valence-corrected chi connectivity index (χ1v) is 10.4. The summed E-state index contributed by atoms with van der Waals surface area (Å²) in [5.41, 5.74) is 0.856. The van der Waals surface area contributed by atoms with Crippen molar-refractivity contribution in [1.29, 1.82) is 0 Å². The normalized spacial score (nSPS) is 15.1. The highest BCUT2D eigenvalue weighted by Gasteiger charge is 2.22. The molecule has 0 atom stereocenters. The average Bonchev–Trinajstić information content (AvgIpc) is 3.26. The molecule has 1 aliphatic rings. The molecule has 0 saturated heterocycles. The molecular formula is C21H23N3O2S. The van der Waals surface area contributed by atoms with Crippen LogP contribution in [0.15, 0.2) is 52.1 Å². The van der Waals surface area contributed by atoms with Crippen LogP contribution < -0.4 is 0 Å². The smallest absolute Gasteiger partial charge is 0.232 e. The third-order valence-corrected chi connectivity index (χ3v) is 6.13. The summed E-state index contributed by atoms with van der Waals surface area (Å²) in [6.07, 6.45) is 7.58. The Bertz CT molecular complexity index is 920. The Morgan fingerprint density at radius 3 is 2.74 bits per heavy atom. The second-order valence-electron chi connectivity index (χ2n) is 6.93. The zero-order valence-electron chi connectivity index (χ0n) is 15.4. The number of hydrogen-bond acceptors (Lipinski definition) is 5. The van der Waals surface area contributed by atoms with Crippen LogP contribution in [0.2, 0.25) is 0 Å². The molecule has 3 aromatic rings. The van der Waals surface area contributed by atoms with Gasteiger partial charge in [0.1, 0.15) is 5.03 Å². The molecule has 2 heterocycles. The third-order valence-electron chi connectivity index (χ3n) is 5.16. The zero-order valence-corrected chi connectivity index (χ0v) is 16.2. The van der Waals surface area contributed by atoms with E-state index in [0.717, 1.165) is 28.8 Å². The minimum Gasteiger partial charge on any atom is -0.461 e. The molecule has 5 nitrogen and oxygen atoms in total. The lowest BCUT2D eigenvalue weighted by molar-refractivity contribution is -0.129. The number of benzene rings is 1. The van der Waals surface area contributed by atoms with Crippen LogP contribution in [0.25, 0.3) is 22.5 Å². The van der Waals surface area contributed by atoms with Crippen LogP contribution in [0.1, 0.15) is 32.1 Å². The Labute approximate surface area is 163 Å². The Kier molecular flexibility index (Phi) is 5.43. The number of carbonyl (C=O) groups is 1. The van der Waals surface area contributed by atoms with Crippen LogP contribution in [-0.2, 0) is 4.79 Å². The fraction of sp³-hybridized carbons (Fsp3) is 0.381. The Balaban J connectivity index is 1.55. The molecule has 1 fully saturated rings. The quantitative estimate of drug-likeness (QED) is 0.470. The number of nitrogens with zero attached hydrogens (tertiary/aromatic N) is 3. The number of rotatable bonds is 5. The summed E-state index contributed by atoms with van der Waals surface area (Å²) in [4.78, 5) is 23.9. The standard InChI is InChI=1S/C21H23N3O2S/c1-24(15-8-3-2-4-9-15)19(25)14-27-21-16-10-5-6-11-17(16)22-20(23-21)18-12-7-13-26-18/h5-7,10-13,15H,2-4,8-9,14H2,1H3. The SMILES string of the molecule is CN(C(=O)CSc1nc(-c2ccco2)nc2ccccc12)C1CCCCC1. The van der Waals surface area contributed by atoms with E-state index in [9.17, 15) is 4.79 Å². The minimum absolute atomic E-state index is 0.161. The van der Waals surface area contributed by atoms with Gasteiger partial charge in [-0.2, -0.15) is 0 Å². The van der Waals surface area contributed by atoms with Gasteiger partial charge in [0.15, 0.2) is 11.6 Å². The monoisotopic (exact) mass is 381 g/mol. The number of hydrogen-bond donors (Lipinski definition) is 0. The Morgan fingerprint density at radius 2 is 1.96 bits per heavy atom. The van der Waals surface area contributed by atoms with Gasteiger partial charge in [-0.3, -0.25) is 4.79 Å². The number of aromatic nitrogens is 2. The van der Waals surface area contributed by atoms with Gasteiger partial charge in [0.05, 0.1) is 17.5 Å². The van der Waals surface area contributed by atoms with Gasteiger partial charge < -0.3 is 9.32 Å². The van der Waals surface area contributed by atoms with E-state index in [0.29, 0.717) is 23.4 Å². The molecule has 0 bridgehead atoms. The highest BCUT2D eigenvalue weighted by Crippen LogP contribution is 2.29. The molecule has 1 saturated carbocycles. The van der Waals surface area contributed by atoms with Crippen molar-refractivity contribution in [3.63, 3.8) is 0 Å². The van der Waals surface area contributed by atoms with Crippen molar-refractivity contribution in [1.82, 2.24) is 14.9 Å². The molecule has 0 N–H and O–H groups in total. The predicted octanol–water partition coefficient (Wildman–Crippen LogP) is 4.77. The number of para-hydroxylation sites is 1. The second-order valence-corrected chi connectivity index (χ2v) is 7.90. The van der Waals surface area contributed by atoms with Crippen molar-refractivity contribution in [2.75, 3.05) is 12.8 Å². The molecule has 0 radical (unpaired) electrons. The lowest BCUT2D eigenvalue weighted by atomic mass is 9.94. The van der Waals surface area contributed by atoms with Gasteiger partial charge in [-0.1, -0.05) is 49.2 Å². The van der Waals surface area contributed by atoms with Gasteiger partial charge in [-0.25, -0.2) is 9.97 Å². The summed E-state index contributed by atoms with van der Waals surface area (Å²) in [6.45, 7) is 0. The third kappa shape index (κ3) is 4.00. The van der Waals surface area contributed by atoms with Gasteiger partial charge in [-0.15, -0.1) is 0 Å². The van der Waals surface area contributed by atoms with Gasteiger partial charge in [0, 0.05) is 18.5 Å². The summed E-state index contributed by atoms with van der Waals surface area (Å²) in [6, 6.07) is 11.9. The van der Waals surface area contributed by atoms with E-state index in [1.807, 2.05) is 48.3 Å². The first kappa shape index (κ1) is 18.0. The fourth-order valence-electron chi connectivity index (χ4n) is 3.58. The first-order chi connectivity index (χ1) is 13.2. The Hall–Kier alpha value is -2.34. The molecule has 0 aliphatic heterocycles. The summed E-state index contributed by atoms with van der Waals surface area (Å²) in [7, 11) is 1.94. The van der Waals surface area contributed by atoms with Crippen molar-refractivity contribution >= 4 is 28.6 Å². The fourth-order valence-corrected chi connectivity index (χ4v) is 4.52. The average molecular weight is 382 g/mol. The van der Waals surface area contributed by atoms with Crippen molar-refractivity contribution in [2.45, 2.75) is 43.2 Å². The molecule has 27 heavy (non-hydrogen) atoms. The van der Waals surface area contributed by atoms with Crippen molar-refractivity contribution in [3.8, 4) is 11.6 Å². The Morgan fingerprint density at radius 1 is 1.15 bits per heavy atom. The number of thioether (sulfide) groups is 1. The maximum atomic E-state index is 12.7. The van der Waals surface area contributed by atoms with Gasteiger partial charge >= 0.3 is 0 Å². The number of fused-ring (bicyclic) bond motifs is 1. The molecule has 0 spiro atoms. The summed E-state index contributed by atoms with van der Waals surface area (Å²) >= 11 is 1.48. The van der Waals surface area contributed by atoms with Gasteiger partial charge in [0.2, 0.25) is 5.91 Å². The highest BCUT2D eigenvalue weighted by atomic mass is 32.2. The van der Waals surface area contributed by atoms with E-state index in [1.54, 1.807) is 6.26 Å². The molecule has 1 amide bonds. The lowest BCUT2D eigenvalue weighted by Crippen LogP contribution is -2.39. The number of carbonyl (C=O) groups excluding carboxylic acids is 1. The molecule has 2 aromatic heterocycles. The zero-order chi connectivity index (χ0) is 18.6. The van der Waals surface area contributed by atoms with E-state index in [-0.39, 0.29) is 5.91 Å². The summed E-state index contributed by atoms with van der Waals surface area (Å²) in [5, 5.41) is 1.78.